The molecule has 0 amide bonds. The Bertz CT molecular complexity index is 1350. The number of aromatic nitrogens is 3. The molecule has 1 aromatic carbocycles. The fraction of sp³-hybridized carbons (Fsp3) is 0.414. The number of aryl methyl sites for hydroxylation is 1. The van der Waals surface area contributed by atoms with E-state index in [4.69, 9.17) is 19.2 Å². The highest BCUT2D eigenvalue weighted by atomic mass is 16.5. The van der Waals surface area contributed by atoms with Crippen LogP contribution in [0.4, 0.5) is 5.69 Å². The molecule has 0 saturated carbocycles. The van der Waals surface area contributed by atoms with Gasteiger partial charge >= 0.3 is 0 Å². The van der Waals surface area contributed by atoms with Gasteiger partial charge in [0.2, 0.25) is 0 Å². The molecule has 1 saturated heterocycles. The highest BCUT2D eigenvalue weighted by Gasteiger charge is 2.22. The summed E-state index contributed by atoms with van der Waals surface area (Å²) in [6.45, 7) is 9.31. The minimum absolute atomic E-state index is 0.0339. The minimum atomic E-state index is 0.0339. The van der Waals surface area contributed by atoms with Crippen molar-refractivity contribution in [1.29, 1.82) is 0 Å². The number of carbonyl (C=O) groups is 1. The minimum Gasteiger partial charge on any atom is -0.449 e. The summed E-state index contributed by atoms with van der Waals surface area (Å²) < 4.78 is 13.5. The van der Waals surface area contributed by atoms with E-state index < -0.39 is 0 Å². The van der Waals surface area contributed by atoms with E-state index in [-0.39, 0.29) is 5.78 Å². The van der Waals surface area contributed by atoms with Crippen LogP contribution in [-0.2, 0) is 4.74 Å². The van der Waals surface area contributed by atoms with Crippen molar-refractivity contribution in [2.24, 2.45) is 5.92 Å². The molecular formula is C29H34N4O3. The summed E-state index contributed by atoms with van der Waals surface area (Å²) in [6, 6.07) is 14.1. The molecule has 1 fully saturated rings. The zero-order valence-electron chi connectivity index (χ0n) is 21.4. The maximum absolute atomic E-state index is 12.9. The van der Waals surface area contributed by atoms with E-state index >= 15 is 0 Å². The Balaban J connectivity index is 1.49. The van der Waals surface area contributed by atoms with Crippen molar-refractivity contribution < 1.29 is 13.9 Å². The van der Waals surface area contributed by atoms with Crippen molar-refractivity contribution in [3.8, 4) is 17.1 Å². The van der Waals surface area contributed by atoms with Crippen LogP contribution in [-0.4, -0.2) is 46.9 Å². The fourth-order valence-corrected chi connectivity index (χ4v) is 4.63. The van der Waals surface area contributed by atoms with E-state index in [0.717, 1.165) is 49.3 Å². The molecule has 1 aliphatic rings. The van der Waals surface area contributed by atoms with Gasteiger partial charge in [-0.05, 0) is 31.4 Å². The molecular weight excluding hydrogens is 452 g/mol. The van der Waals surface area contributed by atoms with E-state index in [2.05, 4.69) is 43.9 Å². The summed E-state index contributed by atoms with van der Waals surface area (Å²) in [6.07, 6.45) is 5.47. The number of fused-ring (bicyclic) bond motifs is 1. The number of furan rings is 1. The van der Waals surface area contributed by atoms with Crippen molar-refractivity contribution >= 4 is 22.6 Å². The van der Waals surface area contributed by atoms with E-state index in [1.807, 2.05) is 24.4 Å². The van der Waals surface area contributed by atoms with Gasteiger partial charge in [0.1, 0.15) is 5.52 Å². The predicted molar refractivity (Wildman–Crippen MR) is 142 cm³/mol. The van der Waals surface area contributed by atoms with Crippen molar-refractivity contribution in [3.05, 3.63) is 60.0 Å². The molecule has 1 atom stereocenters. The molecule has 1 aliphatic heterocycles. The number of Topliss-reactive ketones (excluding diaryl/α,β-unsaturated/α-hetero) is 1. The monoisotopic (exact) mass is 486 g/mol. The molecule has 188 valence electrons. The lowest BCUT2D eigenvalue weighted by Crippen LogP contribution is -2.36. The van der Waals surface area contributed by atoms with Gasteiger partial charge in [0, 0.05) is 43.4 Å². The number of nitrogens with zero attached hydrogens (tertiary/aromatic N) is 4. The van der Waals surface area contributed by atoms with Crippen molar-refractivity contribution in [3.63, 3.8) is 0 Å². The second-order valence-electron chi connectivity index (χ2n) is 9.77. The van der Waals surface area contributed by atoms with Crippen LogP contribution in [0.15, 0.2) is 53.1 Å². The highest BCUT2D eigenvalue weighted by molar-refractivity contribution is 5.99. The highest BCUT2D eigenvalue weighted by Crippen LogP contribution is 2.32. The van der Waals surface area contributed by atoms with Gasteiger partial charge in [0.25, 0.3) is 0 Å². The molecule has 5 rings (SSSR count). The van der Waals surface area contributed by atoms with Gasteiger partial charge in [-0.25, -0.2) is 9.67 Å². The number of benzene rings is 1. The van der Waals surface area contributed by atoms with Crippen molar-refractivity contribution in [2.75, 3.05) is 31.2 Å². The van der Waals surface area contributed by atoms with Gasteiger partial charge in [-0.2, -0.15) is 5.10 Å². The van der Waals surface area contributed by atoms with E-state index in [9.17, 15) is 4.79 Å². The van der Waals surface area contributed by atoms with Crippen LogP contribution in [0, 0.1) is 12.8 Å². The van der Waals surface area contributed by atoms with Crippen LogP contribution in [0.25, 0.3) is 28.2 Å². The Morgan fingerprint density at radius 2 is 1.97 bits per heavy atom. The lowest BCUT2D eigenvalue weighted by atomic mass is 10.0. The number of ether oxygens (including phenoxy) is 1. The van der Waals surface area contributed by atoms with Crippen molar-refractivity contribution in [1.82, 2.24) is 14.8 Å². The molecule has 7 heteroatoms. The zero-order chi connectivity index (χ0) is 25.1. The van der Waals surface area contributed by atoms with Crippen molar-refractivity contribution in [2.45, 2.75) is 46.5 Å². The number of carbonyl (C=O) groups excluding carboxylic acids is 1. The quantitative estimate of drug-likeness (QED) is 0.261. The largest absolute Gasteiger partial charge is 0.449 e. The van der Waals surface area contributed by atoms with Gasteiger partial charge in [-0.15, -0.1) is 0 Å². The van der Waals surface area contributed by atoms with Gasteiger partial charge < -0.3 is 14.1 Å². The van der Waals surface area contributed by atoms with Crippen LogP contribution in [0.1, 0.15) is 55.6 Å². The first-order chi connectivity index (χ1) is 17.5. The first-order valence-corrected chi connectivity index (χ1v) is 13.0. The zero-order valence-corrected chi connectivity index (χ0v) is 21.4. The van der Waals surface area contributed by atoms with E-state index in [1.165, 1.54) is 5.56 Å². The van der Waals surface area contributed by atoms with Crippen LogP contribution in [0.5, 0.6) is 0 Å². The Morgan fingerprint density at radius 3 is 2.75 bits per heavy atom. The molecule has 4 heterocycles. The average molecular weight is 487 g/mol. The van der Waals surface area contributed by atoms with Gasteiger partial charge in [-0.1, -0.05) is 50.5 Å². The summed E-state index contributed by atoms with van der Waals surface area (Å²) in [4.78, 5) is 20.0. The Labute approximate surface area is 212 Å². The first kappa shape index (κ1) is 24.3. The first-order valence-electron chi connectivity index (χ1n) is 13.0. The Kier molecular flexibility index (Phi) is 7.18. The number of rotatable bonds is 9. The molecule has 0 N–H and O–H groups in total. The smallest absolute Gasteiger partial charge is 0.198 e. The average Bonchev–Trinajstić information content (AvgIpc) is 3.56. The van der Waals surface area contributed by atoms with Crippen LogP contribution >= 0.6 is 0 Å². The lowest BCUT2D eigenvalue weighted by molar-refractivity contribution is 0.0953. The SMILES string of the molecule is CCC(C)CCCC(=O)c1cc2nc(-n3ccc(-c4cccc(C)c4)n3)cc(N3CCOCC3)c2o1. The summed E-state index contributed by atoms with van der Waals surface area (Å²) >= 11 is 0. The van der Waals surface area contributed by atoms with Gasteiger partial charge in [0.15, 0.2) is 22.9 Å². The molecule has 0 radical (unpaired) electrons. The Hall–Kier alpha value is -3.45. The van der Waals surface area contributed by atoms with Gasteiger partial charge in [-0.3, -0.25) is 4.79 Å². The molecule has 36 heavy (non-hydrogen) atoms. The number of pyridine rings is 1. The molecule has 3 aromatic heterocycles. The molecule has 0 aliphatic carbocycles. The molecule has 1 unspecified atom stereocenters. The third-order valence-corrected chi connectivity index (χ3v) is 7.01. The molecule has 7 nitrogen and oxygen atoms in total. The third-order valence-electron chi connectivity index (χ3n) is 7.01. The number of ketones is 1. The second-order valence-corrected chi connectivity index (χ2v) is 9.77. The van der Waals surface area contributed by atoms with Gasteiger partial charge in [0.05, 0.1) is 24.6 Å². The molecule has 0 bridgehead atoms. The number of hydrogen-bond acceptors (Lipinski definition) is 6. The van der Waals surface area contributed by atoms with E-state index in [1.54, 1.807) is 10.7 Å². The lowest BCUT2D eigenvalue weighted by Gasteiger charge is -2.28. The summed E-state index contributed by atoms with van der Waals surface area (Å²) in [7, 11) is 0. The topological polar surface area (TPSA) is 73.4 Å². The van der Waals surface area contributed by atoms with E-state index in [0.29, 0.717) is 48.2 Å². The van der Waals surface area contributed by atoms with Crippen LogP contribution < -0.4 is 4.90 Å². The normalized spacial score (nSPS) is 14.9. The maximum Gasteiger partial charge on any atom is 0.198 e. The molecule has 0 spiro atoms. The maximum atomic E-state index is 12.9. The van der Waals surface area contributed by atoms with Crippen LogP contribution in [0.2, 0.25) is 0 Å². The predicted octanol–water partition coefficient (Wildman–Crippen LogP) is 6.22. The summed E-state index contributed by atoms with van der Waals surface area (Å²) in [5, 5.41) is 4.81. The fourth-order valence-electron chi connectivity index (χ4n) is 4.63. The van der Waals surface area contributed by atoms with Crippen LogP contribution in [0.3, 0.4) is 0 Å². The Morgan fingerprint density at radius 1 is 1.14 bits per heavy atom. The number of anilines is 1. The third kappa shape index (κ3) is 5.21. The summed E-state index contributed by atoms with van der Waals surface area (Å²) in [5.74, 6) is 1.74. The number of hydrogen-bond donors (Lipinski definition) is 0. The molecule has 4 aromatic rings. The number of morpholine rings is 1. The standard InChI is InChI=1S/C29H34N4O3/c1-4-20(2)7-6-10-26(34)27-18-24-29(36-27)25(32-13-15-35-16-14-32)19-28(30-24)33-12-11-23(31-33)22-9-5-8-21(3)17-22/h5,8-9,11-12,17-20H,4,6-7,10,13-16H2,1-3H3. The second kappa shape index (κ2) is 10.7. The summed E-state index contributed by atoms with van der Waals surface area (Å²) in [5.41, 5.74) is 5.39.